The van der Waals surface area contributed by atoms with Crippen LogP contribution in [0.3, 0.4) is 0 Å². The first-order valence-electron chi connectivity index (χ1n) is 8.14. The number of hydrogen-bond donors (Lipinski definition) is 7. The smallest absolute Gasteiger partial charge is 0.245 e. The van der Waals surface area contributed by atoms with Gasteiger partial charge in [-0.3, -0.25) is 19.8 Å². The summed E-state index contributed by atoms with van der Waals surface area (Å²) in [7, 11) is 0. The lowest BCUT2D eigenvalue weighted by atomic mass is 10.0. The molecule has 0 rings (SSSR count). The van der Waals surface area contributed by atoms with Crippen LogP contribution in [-0.2, 0) is 14.4 Å². The Kier molecular flexibility index (Phi) is 11.1. The highest BCUT2D eigenvalue weighted by molar-refractivity contribution is 5.90. The topological polar surface area (TPSA) is 183 Å². The molecule has 0 aliphatic heterocycles. The minimum atomic E-state index is -1.20. The van der Waals surface area contributed by atoms with Crippen molar-refractivity contribution in [3.05, 3.63) is 0 Å². The number of carbonyl (C=O) groups excluding carboxylic acids is 3. The molecule has 0 aliphatic carbocycles. The first-order valence-corrected chi connectivity index (χ1v) is 8.14. The number of hydrogen-bond acceptors (Lipinski definition) is 6. The van der Waals surface area contributed by atoms with Gasteiger partial charge in [0.15, 0.2) is 5.96 Å². The number of aliphatic hydroxyl groups is 1. The van der Waals surface area contributed by atoms with E-state index in [1.165, 1.54) is 0 Å². The molecule has 9 N–H and O–H groups in total. The fourth-order valence-electron chi connectivity index (χ4n) is 2.05. The molecule has 10 nitrogen and oxygen atoms in total. The second-order valence-electron chi connectivity index (χ2n) is 6.14. The molecule has 0 heterocycles. The third-order valence-corrected chi connectivity index (χ3v) is 3.32. The van der Waals surface area contributed by atoms with Crippen LogP contribution in [0, 0.1) is 11.3 Å². The Hall–Kier alpha value is -2.20. The Morgan fingerprint density at radius 2 is 1.88 bits per heavy atom. The molecule has 0 fully saturated rings. The van der Waals surface area contributed by atoms with Crippen molar-refractivity contribution in [2.24, 2.45) is 17.4 Å². The third kappa shape index (κ3) is 10.3. The summed E-state index contributed by atoms with van der Waals surface area (Å²) in [5.41, 5.74) is 10.9. The monoisotopic (exact) mass is 357 g/mol. The summed E-state index contributed by atoms with van der Waals surface area (Å²) in [6.45, 7) is 3.57. The molecule has 0 spiro atoms. The SMILES string of the molecule is CC(C)C[C@H](N)C(=O)N[C@@H](CO)C(=O)N[C@H]([C]=O)CCCNC(=N)N. The average molecular weight is 357 g/mol. The van der Waals surface area contributed by atoms with Gasteiger partial charge in [-0.25, -0.2) is 0 Å². The molecule has 143 valence electrons. The molecule has 0 aromatic carbocycles. The van der Waals surface area contributed by atoms with Crippen molar-refractivity contribution in [1.29, 1.82) is 5.41 Å². The second-order valence-corrected chi connectivity index (χ2v) is 6.14. The molecule has 0 aromatic heterocycles. The zero-order chi connectivity index (χ0) is 19.4. The predicted molar refractivity (Wildman–Crippen MR) is 93.2 cm³/mol. The van der Waals surface area contributed by atoms with Gasteiger partial charge in [0.1, 0.15) is 6.04 Å². The van der Waals surface area contributed by atoms with E-state index in [-0.39, 0.29) is 18.3 Å². The van der Waals surface area contributed by atoms with Crippen LogP contribution < -0.4 is 27.4 Å². The van der Waals surface area contributed by atoms with Gasteiger partial charge in [-0.15, -0.1) is 0 Å². The lowest BCUT2D eigenvalue weighted by molar-refractivity contribution is -0.130. The highest BCUT2D eigenvalue weighted by Gasteiger charge is 2.25. The van der Waals surface area contributed by atoms with Crippen molar-refractivity contribution in [2.75, 3.05) is 13.2 Å². The fourth-order valence-corrected chi connectivity index (χ4v) is 2.05. The Morgan fingerprint density at radius 3 is 2.36 bits per heavy atom. The second kappa shape index (κ2) is 12.2. The zero-order valence-electron chi connectivity index (χ0n) is 14.7. The molecule has 25 heavy (non-hydrogen) atoms. The van der Waals surface area contributed by atoms with Crippen LogP contribution in [0.1, 0.15) is 33.1 Å². The zero-order valence-corrected chi connectivity index (χ0v) is 14.7. The Morgan fingerprint density at radius 1 is 1.24 bits per heavy atom. The van der Waals surface area contributed by atoms with Gasteiger partial charge in [-0.1, -0.05) is 13.8 Å². The number of nitrogens with two attached hydrogens (primary N) is 2. The quantitative estimate of drug-likeness (QED) is 0.116. The predicted octanol–water partition coefficient (Wildman–Crippen LogP) is -2.31. The van der Waals surface area contributed by atoms with Crippen molar-refractivity contribution in [3.8, 4) is 0 Å². The minimum Gasteiger partial charge on any atom is -0.394 e. The summed E-state index contributed by atoms with van der Waals surface area (Å²) in [4.78, 5) is 35.0. The normalized spacial score (nSPS) is 14.3. The summed E-state index contributed by atoms with van der Waals surface area (Å²) in [5.74, 6) is -1.21. The van der Waals surface area contributed by atoms with Crippen LogP contribution in [-0.4, -0.2) is 60.4 Å². The van der Waals surface area contributed by atoms with Crippen LogP contribution in [0.2, 0.25) is 0 Å². The van der Waals surface area contributed by atoms with E-state index < -0.39 is 36.5 Å². The molecule has 1 radical (unpaired) electrons. The van der Waals surface area contributed by atoms with Gasteiger partial charge in [-0.05, 0) is 25.2 Å². The summed E-state index contributed by atoms with van der Waals surface area (Å²) in [6.07, 6.45) is 2.87. The lowest BCUT2D eigenvalue weighted by Gasteiger charge is -2.21. The molecule has 0 bridgehead atoms. The number of amides is 2. The molecule has 0 saturated carbocycles. The molecule has 3 atom stereocenters. The van der Waals surface area contributed by atoms with E-state index >= 15 is 0 Å². The van der Waals surface area contributed by atoms with Gasteiger partial charge >= 0.3 is 0 Å². The first kappa shape index (κ1) is 22.8. The summed E-state index contributed by atoms with van der Waals surface area (Å²) in [5, 5.41) is 23.7. The largest absolute Gasteiger partial charge is 0.394 e. The summed E-state index contributed by atoms with van der Waals surface area (Å²) in [6, 6.07) is -2.87. The number of rotatable bonds is 12. The third-order valence-electron chi connectivity index (χ3n) is 3.32. The molecule has 10 heteroatoms. The van der Waals surface area contributed by atoms with Crippen LogP contribution in [0.5, 0.6) is 0 Å². The van der Waals surface area contributed by atoms with Crippen molar-refractivity contribution in [2.45, 2.75) is 51.2 Å². The maximum Gasteiger partial charge on any atom is 0.245 e. The van der Waals surface area contributed by atoms with E-state index in [4.69, 9.17) is 16.9 Å². The number of nitrogens with one attached hydrogen (secondary N) is 4. The highest BCUT2D eigenvalue weighted by Crippen LogP contribution is 2.03. The fraction of sp³-hybridized carbons (Fsp3) is 0.733. The standard InChI is InChI=1S/C15H29N6O4/c1-9(2)6-11(16)13(24)21-12(8-23)14(25)20-10(7-22)4-3-5-19-15(17)18/h9-12,23H,3-6,8,16H2,1-2H3,(H,20,25)(H,21,24)(H4,17,18,19)/t10-,11-,12-/m0/s1. The molecular formula is C15H29N6O4. The molecule has 0 aliphatic rings. The molecule has 0 unspecified atom stereocenters. The Bertz CT molecular complexity index is 457. The van der Waals surface area contributed by atoms with E-state index in [0.717, 1.165) is 0 Å². The van der Waals surface area contributed by atoms with E-state index in [1.807, 2.05) is 13.8 Å². The van der Waals surface area contributed by atoms with Gasteiger partial charge in [0.2, 0.25) is 18.1 Å². The van der Waals surface area contributed by atoms with Crippen molar-refractivity contribution in [1.82, 2.24) is 16.0 Å². The van der Waals surface area contributed by atoms with E-state index in [0.29, 0.717) is 19.4 Å². The Labute approximate surface area is 147 Å². The van der Waals surface area contributed by atoms with Gasteiger partial charge < -0.3 is 32.5 Å². The van der Waals surface area contributed by atoms with Crippen LogP contribution in [0.25, 0.3) is 0 Å². The average Bonchev–Trinajstić information content (AvgIpc) is 2.53. The maximum absolute atomic E-state index is 12.1. The van der Waals surface area contributed by atoms with Crippen molar-refractivity contribution < 1.29 is 19.5 Å². The van der Waals surface area contributed by atoms with Gasteiger partial charge in [0.05, 0.1) is 18.7 Å². The maximum atomic E-state index is 12.1. The lowest BCUT2D eigenvalue weighted by Crippen LogP contribution is -2.55. The Balaban J connectivity index is 4.47. The number of carbonyl (C=O) groups is 2. The van der Waals surface area contributed by atoms with Gasteiger partial charge in [-0.2, -0.15) is 0 Å². The molecular weight excluding hydrogens is 328 g/mol. The molecule has 0 aromatic rings. The first-order chi connectivity index (χ1) is 11.7. The number of guanidine groups is 1. The van der Waals surface area contributed by atoms with Crippen LogP contribution >= 0.6 is 0 Å². The van der Waals surface area contributed by atoms with Gasteiger partial charge in [0.25, 0.3) is 0 Å². The van der Waals surface area contributed by atoms with E-state index in [1.54, 1.807) is 6.29 Å². The van der Waals surface area contributed by atoms with Crippen LogP contribution in [0.4, 0.5) is 0 Å². The van der Waals surface area contributed by atoms with E-state index in [2.05, 4.69) is 16.0 Å². The highest BCUT2D eigenvalue weighted by atomic mass is 16.3. The van der Waals surface area contributed by atoms with Crippen molar-refractivity contribution >= 4 is 24.1 Å². The van der Waals surface area contributed by atoms with E-state index in [9.17, 15) is 19.5 Å². The van der Waals surface area contributed by atoms with Gasteiger partial charge in [0, 0.05) is 6.54 Å². The summed E-state index contributed by atoms with van der Waals surface area (Å²) >= 11 is 0. The van der Waals surface area contributed by atoms with Crippen LogP contribution in [0.15, 0.2) is 0 Å². The minimum absolute atomic E-state index is 0.184. The van der Waals surface area contributed by atoms with Crippen molar-refractivity contribution in [3.63, 3.8) is 0 Å². The summed E-state index contributed by atoms with van der Waals surface area (Å²) < 4.78 is 0. The molecule has 0 saturated heterocycles. The molecule has 2 amide bonds. The number of aliphatic hydroxyl groups excluding tert-OH is 1.